The third-order valence-electron chi connectivity index (χ3n) is 2.76. The first kappa shape index (κ1) is 14.2. The molecule has 0 bridgehead atoms. The van der Waals surface area contributed by atoms with Crippen molar-refractivity contribution in [2.75, 3.05) is 0 Å². The molecule has 0 heterocycles. The van der Waals surface area contributed by atoms with E-state index in [2.05, 4.69) is 0 Å². The Kier molecular flexibility index (Phi) is 4.70. The monoisotopic (exact) mass is 296 g/mol. The van der Waals surface area contributed by atoms with Gasteiger partial charge < -0.3 is 9.84 Å². The summed E-state index contributed by atoms with van der Waals surface area (Å²) in [5, 5.41) is 10.9. The Balaban J connectivity index is 2.17. The molecule has 0 fully saturated rings. The molecule has 1 atom stereocenters. The van der Waals surface area contributed by atoms with Gasteiger partial charge in [0.05, 0.1) is 6.10 Å². The minimum Gasteiger partial charge on any atom is -0.488 e. The van der Waals surface area contributed by atoms with Crippen LogP contribution in [0.2, 0.25) is 10.0 Å². The van der Waals surface area contributed by atoms with Crippen LogP contribution in [-0.2, 0) is 6.61 Å². The van der Waals surface area contributed by atoms with E-state index in [9.17, 15) is 5.11 Å². The molecule has 0 amide bonds. The van der Waals surface area contributed by atoms with Crippen LogP contribution in [-0.4, -0.2) is 5.11 Å². The fourth-order valence-electron chi connectivity index (χ4n) is 1.77. The van der Waals surface area contributed by atoms with Gasteiger partial charge in [0.15, 0.2) is 0 Å². The number of rotatable bonds is 4. The highest BCUT2D eigenvalue weighted by atomic mass is 35.5. The maximum atomic E-state index is 9.67. The first-order valence-electron chi connectivity index (χ1n) is 5.91. The Labute approximate surface area is 122 Å². The summed E-state index contributed by atoms with van der Waals surface area (Å²) in [4.78, 5) is 0. The number of hydrogen-bond acceptors (Lipinski definition) is 2. The van der Waals surface area contributed by atoms with Gasteiger partial charge in [0.25, 0.3) is 0 Å². The molecule has 19 heavy (non-hydrogen) atoms. The maximum absolute atomic E-state index is 9.67. The topological polar surface area (TPSA) is 29.5 Å². The zero-order chi connectivity index (χ0) is 13.8. The SMILES string of the molecule is C[C@@H](O)c1ccccc1OCc1cc(Cl)ccc1Cl. The number of para-hydroxylation sites is 1. The predicted octanol–water partition coefficient (Wildman–Crippen LogP) is 4.63. The summed E-state index contributed by atoms with van der Waals surface area (Å²) >= 11 is 12.0. The molecule has 1 N–H and O–H groups in total. The third-order valence-corrected chi connectivity index (χ3v) is 3.36. The molecule has 0 saturated heterocycles. The van der Waals surface area contributed by atoms with Gasteiger partial charge in [0.2, 0.25) is 0 Å². The number of benzene rings is 2. The molecule has 2 aromatic carbocycles. The average Bonchev–Trinajstić information content (AvgIpc) is 2.40. The van der Waals surface area contributed by atoms with Gasteiger partial charge in [0.1, 0.15) is 12.4 Å². The fourth-order valence-corrected chi connectivity index (χ4v) is 2.13. The zero-order valence-electron chi connectivity index (χ0n) is 10.4. The highest BCUT2D eigenvalue weighted by Crippen LogP contribution is 2.27. The first-order valence-corrected chi connectivity index (χ1v) is 6.67. The van der Waals surface area contributed by atoms with Gasteiger partial charge in [-0.2, -0.15) is 0 Å². The van der Waals surface area contributed by atoms with E-state index in [-0.39, 0.29) is 0 Å². The van der Waals surface area contributed by atoms with Crippen molar-refractivity contribution in [3.8, 4) is 5.75 Å². The van der Waals surface area contributed by atoms with Gasteiger partial charge in [-0.1, -0.05) is 41.4 Å². The van der Waals surface area contributed by atoms with Crippen LogP contribution < -0.4 is 4.74 Å². The predicted molar refractivity (Wildman–Crippen MR) is 77.9 cm³/mol. The summed E-state index contributed by atoms with van der Waals surface area (Å²) in [6.45, 7) is 2.01. The molecular weight excluding hydrogens is 283 g/mol. The molecule has 0 aliphatic heterocycles. The van der Waals surface area contributed by atoms with E-state index in [0.717, 1.165) is 11.1 Å². The second-order valence-electron chi connectivity index (χ2n) is 4.24. The van der Waals surface area contributed by atoms with E-state index in [0.29, 0.717) is 22.4 Å². The van der Waals surface area contributed by atoms with E-state index in [1.54, 1.807) is 25.1 Å². The number of aliphatic hydroxyl groups is 1. The lowest BCUT2D eigenvalue weighted by Gasteiger charge is -2.14. The van der Waals surface area contributed by atoms with E-state index >= 15 is 0 Å². The molecule has 2 rings (SSSR count). The van der Waals surface area contributed by atoms with Crippen LogP contribution in [0, 0.1) is 0 Å². The van der Waals surface area contributed by atoms with Crippen LogP contribution in [0.1, 0.15) is 24.2 Å². The minimum absolute atomic E-state index is 0.309. The van der Waals surface area contributed by atoms with Gasteiger partial charge in [0, 0.05) is 21.2 Å². The van der Waals surface area contributed by atoms with E-state index in [4.69, 9.17) is 27.9 Å². The molecule has 0 saturated carbocycles. The first-order chi connectivity index (χ1) is 9.08. The molecule has 0 aliphatic rings. The number of ether oxygens (including phenoxy) is 1. The molecule has 2 aromatic rings. The summed E-state index contributed by atoms with van der Waals surface area (Å²) < 4.78 is 5.72. The van der Waals surface area contributed by atoms with Crippen LogP contribution in [0.25, 0.3) is 0 Å². The lowest BCUT2D eigenvalue weighted by atomic mass is 10.1. The van der Waals surface area contributed by atoms with Crippen LogP contribution in [0.3, 0.4) is 0 Å². The summed E-state index contributed by atoms with van der Waals surface area (Å²) in [6, 6.07) is 12.6. The number of aliphatic hydroxyl groups excluding tert-OH is 1. The molecule has 0 aromatic heterocycles. The highest BCUT2D eigenvalue weighted by Gasteiger charge is 2.09. The van der Waals surface area contributed by atoms with Crippen molar-refractivity contribution < 1.29 is 9.84 Å². The maximum Gasteiger partial charge on any atom is 0.125 e. The van der Waals surface area contributed by atoms with E-state index < -0.39 is 6.10 Å². The Bertz CT molecular complexity index is 568. The third kappa shape index (κ3) is 3.63. The van der Waals surface area contributed by atoms with Gasteiger partial charge in [-0.3, -0.25) is 0 Å². The largest absolute Gasteiger partial charge is 0.488 e. The lowest BCUT2D eigenvalue weighted by molar-refractivity contribution is 0.190. The standard InChI is InChI=1S/C15H14Cl2O2/c1-10(18)13-4-2-3-5-15(13)19-9-11-8-12(16)6-7-14(11)17/h2-8,10,18H,9H2,1H3/t10-/m1/s1. The van der Waals surface area contributed by atoms with Gasteiger partial charge in [-0.25, -0.2) is 0 Å². The second kappa shape index (κ2) is 6.29. The number of hydrogen-bond donors (Lipinski definition) is 1. The highest BCUT2D eigenvalue weighted by molar-refractivity contribution is 6.33. The quantitative estimate of drug-likeness (QED) is 0.891. The summed E-state index contributed by atoms with van der Waals surface area (Å²) in [5.41, 5.74) is 1.57. The molecule has 100 valence electrons. The Morgan fingerprint density at radius 1 is 1.16 bits per heavy atom. The number of halogens is 2. The smallest absolute Gasteiger partial charge is 0.125 e. The zero-order valence-corrected chi connectivity index (χ0v) is 11.9. The molecule has 0 radical (unpaired) electrons. The van der Waals surface area contributed by atoms with Gasteiger partial charge >= 0.3 is 0 Å². The van der Waals surface area contributed by atoms with Crippen molar-refractivity contribution in [1.29, 1.82) is 0 Å². The molecule has 0 unspecified atom stereocenters. The normalized spacial score (nSPS) is 12.2. The Morgan fingerprint density at radius 2 is 1.89 bits per heavy atom. The average molecular weight is 297 g/mol. The van der Waals surface area contributed by atoms with Crippen molar-refractivity contribution in [3.05, 3.63) is 63.6 Å². The fraction of sp³-hybridized carbons (Fsp3) is 0.200. The van der Waals surface area contributed by atoms with Gasteiger partial charge in [-0.05, 0) is 31.2 Å². The molecular formula is C15H14Cl2O2. The Hall–Kier alpha value is -1.22. The Morgan fingerprint density at radius 3 is 2.63 bits per heavy atom. The summed E-state index contributed by atoms with van der Waals surface area (Å²) in [6.07, 6.45) is -0.578. The minimum atomic E-state index is -0.578. The van der Waals surface area contributed by atoms with E-state index in [1.165, 1.54) is 0 Å². The molecule has 4 heteroatoms. The van der Waals surface area contributed by atoms with Crippen molar-refractivity contribution in [2.45, 2.75) is 19.6 Å². The van der Waals surface area contributed by atoms with Gasteiger partial charge in [-0.15, -0.1) is 0 Å². The van der Waals surface area contributed by atoms with Crippen LogP contribution >= 0.6 is 23.2 Å². The van der Waals surface area contributed by atoms with Crippen LogP contribution in [0.5, 0.6) is 5.75 Å². The van der Waals surface area contributed by atoms with Crippen molar-refractivity contribution in [3.63, 3.8) is 0 Å². The second-order valence-corrected chi connectivity index (χ2v) is 5.08. The molecule has 0 spiro atoms. The van der Waals surface area contributed by atoms with Crippen LogP contribution in [0.15, 0.2) is 42.5 Å². The van der Waals surface area contributed by atoms with Crippen LogP contribution in [0.4, 0.5) is 0 Å². The van der Waals surface area contributed by atoms with Crippen molar-refractivity contribution in [1.82, 2.24) is 0 Å². The molecule has 2 nitrogen and oxygen atoms in total. The van der Waals surface area contributed by atoms with Crippen molar-refractivity contribution >= 4 is 23.2 Å². The lowest BCUT2D eigenvalue weighted by Crippen LogP contribution is -2.01. The summed E-state index contributed by atoms with van der Waals surface area (Å²) in [5.74, 6) is 0.647. The van der Waals surface area contributed by atoms with Crippen molar-refractivity contribution in [2.24, 2.45) is 0 Å². The summed E-state index contributed by atoms with van der Waals surface area (Å²) in [7, 11) is 0. The molecule has 0 aliphatic carbocycles. The van der Waals surface area contributed by atoms with E-state index in [1.807, 2.05) is 24.3 Å².